The fraction of sp³-hybridized carbons (Fsp3) is 0.417. The number of thioether (sulfide) groups is 1. The molecule has 8 heteroatoms. The first kappa shape index (κ1) is 23.0. The number of fused-ring (bicyclic) bond motifs is 1. The Hall–Kier alpha value is -2.16. The number of rotatable bonds is 8. The third kappa shape index (κ3) is 5.08. The molecule has 1 aromatic heterocycles. The van der Waals surface area contributed by atoms with Gasteiger partial charge in [-0.3, -0.25) is 9.36 Å². The molecule has 0 bridgehead atoms. The molecule has 2 aromatic carbocycles. The molecule has 0 unspecified atom stereocenters. The average molecular weight is 472 g/mol. The largest absolute Gasteiger partial charge is 0.287 e. The maximum atomic E-state index is 13.2. The van der Waals surface area contributed by atoms with Gasteiger partial charge in [-0.25, -0.2) is 18.1 Å². The van der Waals surface area contributed by atoms with Gasteiger partial charge in [-0.15, -0.1) is 0 Å². The Morgan fingerprint density at radius 3 is 2.56 bits per heavy atom. The van der Waals surface area contributed by atoms with Crippen LogP contribution in [0.5, 0.6) is 0 Å². The number of nitrogens with zero attached hydrogens (tertiary/aromatic N) is 2. The lowest BCUT2D eigenvalue weighted by molar-refractivity contribution is 0.421. The Labute approximate surface area is 193 Å². The summed E-state index contributed by atoms with van der Waals surface area (Å²) in [5.41, 5.74) is 0.661. The van der Waals surface area contributed by atoms with Crippen molar-refractivity contribution in [1.29, 1.82) is 0 Å². The lowest BCUT2D eigenvalue weighted by Crippen LogP contribution is -2.44. The second-order valence-corrected chi connectivity index (χ2v) is 11.1. The zero-order chi connectivity index (χ0) is 22.6. The molecule has 1 N–H and O–H groups in total. The van der Waals surface area contributed by atoms with E-state index < -0.39 is 10.0 Å². The molecule has 1 saturated carbocycles. The average Bonchev–Trinajstić information content (AvgIpc) is 2.81. The van der Waals surface area contributed by atoms with Crippen molar-refractivity contribution in [3.05, 3.63) is 65.0 Å². The smallest absolute Gasteiger partial charge is 0.262 e. The van der Waals surface area contributed by atoms with Gasteiger partial charge in [-0.1, -0.05) is 68.3 Å². The van der Waals surface area contributed by atoms with E-state index in [0.29, 0.717) is 22.6 Å². The lowest BCUT2D eigenvalue weighted by Gasteiger charge is -2.31. The lowest BCUT2D eigenvalue weighted by atomic mass is 9.96. The van der Waals surface area contributed by atoms with E-state index in [4.69, 9.17) is 4.98 Å². The molecule has 170 valence electrons. The van der Waals surface area contributed by atoms with Crippen LogP contribution in [0.4, 0.5) is 0 Å². The first-order chi connectivity index (χ1) is 15.5. The van der Waals surface area contributed by atoms with Gasteiger partial charge in [0.15, 0.2) is 5.16 Å². The molecular formula is C24H29N3O3S2. The van der Waals surface area contributed by atoms with E-state index in [2.05, 4.69) is 11.6 Å². The van der Waals surface area contributed by atoms with Crippen LogP contribution in [0.2, 0.25) is 0 Å². The SMILES string of the molecule is CCCCn1c(S[C@@H]2CCCC[C@H]2NS(=O)(=O)c2ccccc2)nc2ccccc2c1=O. The van der Waals surface area contributed by atoms with Crippen molar-refractivity contribution in [2.45, 2.75) is 73.3 Å². The first-order valence-electron chi connectivity index (χ1n) is 11.2. The second-order valence-electron chi connectivity index (χ2n) is 8.20. The minimum atomic E-state index is -3.60. The standard InChI is InChI=1S/C24H29N3O3S2/c1-2-3-17-27-23(28)19-13-7-8-14-20(19)25-24(27)31-22-16-10-9-15-21(22)26-32(29,30)18-11-5-4-6-12-18/h4-8,11-14,21-22,26H,2-3,9-10,15-17H2,1H3/t21-,22-/m1/s1. The zero-order valence-corrected chi connectivity index (χ0v) is 19.9. The molecular weight excluding hydrogens is 442 g/mol. The van der Waals surface area contributed by atoms with Gasteiger partial charge < -0.3 is 0 Å². The normalized spacial score (nSPS) is 19.3. The molecule has 1 fully saturated rings. The molecule has 6 nitrogen and oxygen atoms in total. The summed E-state index contributed by atoms with van der Waals surface area (Å²) in [6.45, 7) is 2.71. The van der Waals surface area contributed by atoms with Gasteiger partial charge in [0.1, 0.15) is 0 Å². The highest BCUT2D eigenvalue weighted by Crippen LogP contribution is 2.34. The van der Waals surface area contributed by atoms with E-state index in [-0.39, 0.29) is 21.7 Å². The molecule has 2 atom stereocenters. The molecule has 3 aromatic rings. The summed E-state index contributed by atoms with van der Waals surface area (Å²) in [6.07, 6.45) is 5.54. The maximum absolute atomic E-state index is 13.2. The van der Waals surface area contributed by atoms with Crippen LogP contribution in [0.15, 0.2) is 69.4 Å². The Bertz CT molecular complexity index is 1230. The van der Waals surface area contributed by atoms with Crippen molar-refractivity contribution in [2.24, 2.45) is 0 Å². The number of hydrogen-bond donors (Lipinski definition) is 1. The molecule has 0 radical (unpaired) electrons. The van der Waals surface area contributed by atoms with Crippen molar-refractivity contribution >= 4 is 32.7 Å². The van der Waals surface area contributed by atoms with Crippen LogP contribution in [-0.4, -0.2) is 29.3 Å². The van der Waals surface area contributed by atoms with Crippen molar-refractivity contribution in [3.63, 3.8) is 0 Å². The van der Waals surface area contributed by atoms with Gasteiger partial charge in [-0.05, 0) is 43.5 Å². The van der Waals surface area contributed by atoms with Gasteiger partial charge in [0.05, 0.1) is 15.8 Å². The van der Waals surface area contributed by atoms with Crippen LogP contribution in [-0.2, 0) is 16.6 Å². The van der Waals surface area contributed by atoms with Crippen molar-refractivity contribution in [3.8, 4) is 0 Å². The Kier molecular flexibility index (Phi) is 7.33. The Morgan fingerprint density at radius 1 is 1.06 bits per heavy atom. The molecule has 0 aliphatic heterocycles. The summed E-state index contributed by atoms with van der Waals surface area (Å²) in [5, 5.41) is 1.32. The maximum Gasteiger partial charge on any atom is 0.262 e. The van der Waals surface area contributed by atoms with E-state index in [1.807, 2.05) is 24.3 Å². The highest BCUT2D eigenvalue weighted by Gasteiger charge is 2.31. The third-order valence-corrected chi connectivity index (χ3v) is 8.78. The predicted octanol–water partition coefficient (Wildman–Crippen LogP) is 4.58. The monoisotopic (exact) mass is 471 g/mol. The van der Waals surface area contributed by atoms with E-state index in [9.17, 15) is 13.2 Å². The van der Waals surface area contributed by atoms with Crippen LogP contribution in [0.3, 0.4) is 0 Å². The van der Waals surface area contributed by atoms with E-state index in [0.717, 1.165) is 38.5 Å². The Balaban J connectivity index is 1.64. The van der Waals surface area contributed by atoms with E-state index in [1.165, 1.54) is 11.8 Å². The molecule has 1 aliphatic rings. The predicted molar refractivity (Wildman–Crippen MR) is 130 cm³/mol. The van der Waals surface area contributed by atoms with Crippen molar-refractivity contribution in [1.82, 2.24) is 14.3 Å². The summed E-state index contributed by atoms with van der Waals surface area (Å²) < 4.78 is 30.6. The summed E-state index contributed by atoms with van der Waals surface area (Å²) in [5.74, 6) is 0. The van der Waals surface area contributed by atoms with E-state index >= 15 is 0 Å². The fourth-order valence-electron chi connectivity index (χ4n) is 4.13. The Morgan fingerprint density at radius 2 is 1.78 bits per heavy atom. The van der Waals surface area contributed by atoms with Gasteiger partial charge in [-0.2, -0.15) is 0 Å². The van der Waals surface area contributed by atoms with Gasteiger partial charge in [0, 0.05) is 17.8 Å². The van der Waals surface area contributed by atoms with Crippen molar-refractivity contribution in [2.75, 3.05) is 0 Å². The molecule has 0 saturated heterocycles. The van der Waals surface area contributed by atoms with E-state index in [1.54, 1.807) is 34.9 Å². The van der Waals surface area contributed by atoms with Crippen LogP contribution in [0.1, 0.15) is 45.4 Å². The number of nitrogens with one attached hydrogen (secondary N) is 1. The number of unbranched alkanes of at least 4 members (excludes halogenated alkanes) is 1. The third-order valence-electron chi connectivity index (χ3n) is 5.88. The molecule has 0 spiro atoms. The first-order valence-corrected chi connectivity index (χ1v) is 13.6. The molecule has 1 heterocycles. The molecule has 4 rings (SSSR count). The zero-order valence-electron chi connectivity index (χ0n) is 18.2. The van der Waals surface area contributed by atoms with Crippen LogP contribution in [0.25, 0.3) is 10.9 Å². The summed E-state index contributed by atoms with van der Waals surface area (Å²) in [7, 11) is -3.60. The number of aromatic nitrogens is 2. The van der Waals surface area contributed by atoms with Crippen LogP contribution in [0, 0.1) is 0 Å². The number of hydrogen-bond acceptors (Lipinski definition) is 5. The highest BCUT2D eigenvalue weighted by atomic mass is 32.2. The quantitative estimate of drug-likeness (QED) is 0.487. The number of benzene rings is 2. The molecule has 32 heavy (non-hydrogen) atoms. The number of sulfonamides is 1. The van der Waals surface area contributed by atoms with Gasteiger partial charge in [0.25, 0.3) is 5.56 Å². The minimum Gasteiger partial charge on any atom is -0.287 e. The fourth-order valence-corrected chi connectivity index (χ4v) is 6.92. The van der Waals surface area contributed by atoms with Crippen molar-refractivity contribution < 1.29 is 8.42 Å². The molecule has 0 amide bonds. The van der Waals surface area contributed by atoms with Gasteiger partial charge >= 0.3 is 0 Å². The van der Waals surface area contributed by atoms with Crippen LogP contribution < -0.4 is 10.3 Å². The molecule has 1 aliphatic carbocycles. The number of para-hydroxylation sites is 1. The summed E-state index contributed by atoms with van der Waals surface area (Å²) in [6, 6.07) is 15.7. The second kappa shape index (κ2) is 10.2. The summed E-state index contributed by atoms with van der Waals surface area (Å²) >= 11 is 1.54. The topological polar surface area (TPSA) is 81.1 Å². The minimum absolute atomic E-state index is 0.0168. The van der Waals surface area contributed by atoms with Gasteiger partial charge in [0.2, 0.25) is 10.0 Å². The summed E-state index contributed by atoms with van der Waals surface area (Å²) in [4.78, 5) is 18.3. The highest BCUT2D eigenvalue weighted by molar-refractivity contribution is 7.99. The van der Waals surface area contributed by atoms with Crippen LogP contribution >= 0.6 is 11.8 Å².